The zero-order valence-corrected chi connectivity index (χ0v) is 9.50. The molecule has 0 amide bonds. The van der Waals surface area contributed by atoms with Crippen LogP contribution in [-0.4, -0.2) is 0 Å². The third-order valence-corrected chi connectivity index (χ3v) is 3.49. The van der Waals surface area contributed by atoms with E-state index >= 15 is 0 Å². The summed E-state index contributed by atoms with van der Waals surface area (Å²) >= 11 is 3.43. The molecule has 1 fully saturated rings. The quantitative estimate of drug-likeness (QED) is 0.742. The molecule has 0 bridgehead atoms. The van der Waals surface area contributed by atoms with Crippen LogP contribution in [0.2, 0.25) is 0 Å². The van der Waals surface area contributed by atoms with Crippen molar-refractivity contribution in [2.75, 3.05) is 0 Å². The van der Waals surface area contributed by atoms with E-state index < -0.39 is 0 Å². The van der Waals surface area contributed by atoms with Crippen LogP contribution < -0.4 is 0 Å². The molecule has 0 aromatic heterocycles. The molecule has 1 saturated carbocycles. The van der Waals surface area contributed by atoms with Crippen molar-refractivity contribution in [2.45, 2.75) is 25.2 Å². The SMILES string of the molecule is N#C[C@H]1CCC(c2ccc(Br)cc2)C1. The standard InChI is InChI=1S/C12H12BrN/c13-12-5-3-10(4-6-12)11-2-1-9(7-11)8-14/h3-6,9,11H,1-2,7H2/t9-,11?/m0/s1. The maximum absolute atomic E-state index is 8.82. The van der Waals surface area contributed by atoms with E-state index in [1.807, 2.05) is 0 Å². The first-order valence-electron chi connectivity index (χ1n) is 4.94. The minimum Gasteiger partial charge on any atom is -0.198 e. The molecule has 2 rings (SSSR count). The van der Waals surface area contributed by atoms with Crippen LogP contribution in [0.5, 0.6) is 0 Å². The van der Waals surface area contributed by atoms with Gasteiger partial charge in [0.1, 0.15) is 0 Å². The lowest BCUT2D eigenvalue weighted by Gasteiger charge is -2.08. The van der Waals surface area contributed by atoms with Gasteiger partial charge >= 0.3 is 0 Å². The van der Waals surface area contributed by atoms with Gasteiger partial charge in [-0.15, -0.1) is 0 Å². The molecule has 2 atom stereocenters. The summed E-state index contributed by atoms with van der Waals surface area (Å²) in [4.78, 5) is 0. The van der Waals surface area contributed by atoms with E-state index in [4.69, 9.17) is 5.26 Å². The number of nitrogens with zero attached hydrogens (tertiary/aromatic N) is 1. The first kappa shape index (κ1) is 9.73. The number of halogens is 1. The van der Waals surface area contributed by atoms with Gasteiger partial charge in [-0.2, -0.15) is 5.26 Å². The Labute approximate surface area is 92.9 Å². The predicted molar refractivity (Wildman–Crippen MR) is 59.8 cm³/mol. The van der Waals surface area contributed by atoms with Crippen molar-refractivity contribution in [3.8, 4) is 6.07 Å². The lowest BCUT2D eigenvalue weighted by Crippen LogP contribution is -1.93. The smallest absolute Gasteiger partial charge is 0.0656 e. The molecule has 1 unspecified atom stereocenters. The Kier molecular flexibility index (Phi) is 2.88. The van der Waals surface area contributed by atoms with E-state index in [2.05, 4.69) is 46.3 Å². The minimum atomic E-state index is 0.281. The maximum Gasteiger partial charge on any atom is 0.0656 e. The highest BCUT2D eigenvalue weighted by Crippen LogP contribution is 2.37. The molecule has 1 aliphatic rings. The lowest BCUT2D eigenvalue weighted by atomic mass is 9.97. The van der Waals surface area contributed by atoms with Gasteiger partial charge in [-0.1, -0.05) is 28.1 Å². The third kappa shape index (κ3) is 1.99. The number of benzene rings is 1. The van der Waals surface area contributed by atoms with E-state index in [1.54, 1.807) is 0 Å². The summed E-state index contributed by atoms with van der Waals surface area (Å²) in [5, 5.41) is 8.82. The van der Waals surface area contributed by atoms with Crippen LogP contribution in [0.25, 0.3) is 0 Å². The second-order valence-corrected chi connectivity index (χ2v) is 4.80. The summed E-state index contributed by atoms with van der Waals surface area (Å²) in [6.45, 7) is 0. The van der Waals surface area contributed by atoms with Gasteiger partial charge in [-0.25, -0.2) is 0 Å². The van der Waals surface area contributed by atoms with Gasteiger partial charge in [-0.3, -0.25) is 0 Å². The van der Waals surface area contributed by atoms with Crippen molar-refractivity contribution in [2.24, 2.45) is 5.92 Å². The number of nitriles is 1. The molecule has 1 nitrogen and oxygen atoms in total. The number of rotatable bonds is 1. The molecule has 72 valence electrons. The Bertz CT molecular complexity index is 350. The van der Waals surface area contributed by atoms with E-state index in [9.17, 15) is 0 Å². The monoisotopic (exact) mass is 249 g/mol. The van der Waals surface area contributed by atoms with Gasteiger partial charge in [-0.05, 0) is 42.9 Å². The molecular formula is C12H12BrN. The zero-order valence-electron chi connectivity index (χ0n) is 7.91. The molecule has 1 aromatic rings. The van der Waals surface area contributed by atoms with Gasteiger partial charge in [0.25, 0.3) is 0 Å². The van der Waals surface area contributed by atoms with Gasteiger partial charge in [0.05, 0.1) is 6.07 Å². The Balaban J connectivity index is 2.10. The first-order valence-corrected chi connectivity index (χ1v) is 5.74. The average Bonchev–Trinajstić information content (AvgIpc) is 2.67. The summed E-state index contributed by atoms with van der Waals surface area (Å²) in [6, 6.07) is 10.8. The summed E-state index contributed by atoms with van der Waals surface area (Å²) in [6.07, 6.45) is 3.27. The second kappa shape index (κ2) is 4.14. The third-order valence-electron chi connectivity index (χ3n) is 2.96. The van der Waals surface area contributed by atoms with Gasteiger partial charge in [0.2, 0.25) is 0 Å². The van der Waals surface area contributed by atoms with Crippen molar-refractivity contribution < 1.29 is 0 Å². The molecule has 1 aliphatic carbocycles. The highest BCUT2D eigenvalue weighted by atomic mass is 79.9. The fourth-order valence-corrected chi connectivity index (χ4v) is 2.40. The summed E-state index contributed by atoms with van der Waals surface area (Å²) in [5.74, 6) is 0.886. The first-order chi connectivity index (χ1) is 6.79. The topological polar surface area (TPSA) is 23.8 Å². The number of hydrogen-bond acceptors (Lipinski definition) is 1. The predicted octanol–water partition coefficient (Wildman–Crippen LogP) is 3.86. The van der Waals surface area contributed by atoms with E-state index in [0.717, 1.165) is 17.3 Å². The maximum atomic E-state index is 8.82. The highest BCUT2D eigenvalue weighted by molar-refractivity contribution is 9.10. The van der Waals surface area contributed by atoms with Crippen LogP contribution in [0.3, 0.4) is 0 Å². The second-order valence-electron chi connectivity index (χ2n) is 3.89. The lowest BCUT2D eigenvalue weighted by molar-refractivity contribution is 0.670. The van der Waals surface area contributed by atoms with E-state index in [0.29, 0.717) is 5.92 Å². The summed E-state index contributed by atoms with van der Waals surface area (Å²) < 4.78 is 1.12. The largest absolute Gasteiger partial charge is 0.198 e. The van der Waals surface area contributed by atoms with Crippen LogP contribution >= 0.6 is 15.9 Å². The summed E-state index contributed by atoms with van der Waals surface area (Å²) in [7, 11) is 0. The molecule has 0 heterocycles. The molecule has 0 aliphatic heterocycles. The fourth-order valence-electron chi connectivity index (χ4n) is 2.14. The molecule has 0 saturated heterocycles. The molecule has 0 radical (unpaired) electrons. The Hall–Kier alpha value is -0.810. The molecular weight excluding hydrogens is 238 g/mol. The van der Waals surface area contributed by atoms with Crippen LogP contribution in [0, 0.1) is 17.2 Å². The Morgan fingerprint density at radius 1 is 1.21 bits per heavy atom. The Morgan fingerprint density at radius 3 is 2.50 bits per heavy atom. The summed E-state index contributed by atoms with van der Waals surface area (Å²) in [5.41, 5.74) is 1.38. The molecule has 14 heavy (non-hydrogen) atoms. The van der Waals surface area contributed by atoms with Crippen LogP contribution in [0.1, 0.15) is 30.7 Å². The highest BCUT2D eigenvalue weighted by Gasteiger charge is 2.25. The van der Waals surface area contributed by atoms with Gasteiger partial charge in [0, 0.05) is 10.4 Å². The average molecular weight is 250 g/mol. The molecule has 2 heteroatoms. The van der Waals surface area contributed by atoms with Gasteiger partial charge in [0.15, 0.2) is 0 Å². The van der Waals surface area contributed by atoms with Crippen molar-refractivity contribution in [3.05, 3.63) is 34.3 Å². The fraction of sp³-hybridized carbons (Fsp3) is 0.417. The van der Waals surface area contributed by atoms with Crippen LogP contribution in [0.4, 0.5) is 0 Å². The molecule has 0 N–H and O–H groups in total. The van der Waals surface area contributed by atoms with Gasteiger partial charge < -0.3 is 0 Å². The molecule has 0 spiro atoms. The van der Waals surface area contributed by atoms with Crippen molar-refractivity contribution in [3.63, 3.8) is 0 Å². The van der Waals surface area contributed by atoms with Crippen molar-refractivity contribution >= 4 is 15.9 Å². The van der Waals surface area contributed by atoms with Crippen molar-refractivity contribution in [1.82, 2.24) is 0 Å². The minimum absolute atomic E-state index is 0.281. The van der Waals surface area contributed by atoms with Crippen molar-refractivity contribution in [1.29, 1.82) is 5.26 Å². The van der Waals surface area contributed by atoms with Crippen LogP contribution in [-0.2, 0) is 0 Å². The Morgan fingerprint density at radius 2 is 1.93 bits per heavy atom. The zero-order chi connectivity index (χ0) is 9.97. The molecule has 1 aromatic carbocycles. The van der Waals surface area contributed by atoms with E-state index in [-0.39, 0.29) is 5.92 Å². The van der Waals surface area contributed by atoms with E-state index in [1.165, 1.54) is 12.0 Å². The number of hydrogen-bond donors (Lipinski definition) is 0. The van der Waals surface area contributed by atoms with Crippen LogP contribution in [0.15, 0.2) is 28.7 Å². The normalized spacial score (nSPS) is 26.0.